The lowest BCUT2D eigenvalue weighted by Crippen LogP contribution is -2.10. The van der Waals surface area contributed by atoms with Gasteiger partial charge in [0.05, 0.1) is 23.3 Å². The van der Waals surface area contributed by atoms with E-state index in [2.05, 4.69) is 15.0 Å². The number of nitrogens with one attached hydrogen (secondary N) is 2. The number of aromatic amines is 1. The van der Waals surface area contributed by atoms with Gasteiger partial charge in [0.25, 0.3) is 0 Å². The van der Waals surface area contributed by atoms with Crippen LogP contribution in [0.5, 0.6) is 0 Å². The van der Waals surface area contributed by atoms with Gasteiger partial charge in [0.2, 0.25) is 0 Å². The third kappa shape index (κ3) is 2.61. The van der Waals surface area contributed by atoms with Gasteiger partial charge in [-0.2, -0.15) is 0 Å². The normalized spacial score (nSPS) is 10.9. The number of ether oxygens (including phenoxy) is 1. The number of methoxy groups -OCH3 is 1. The predicted molar refractivity (Wildman–Crippen MR) is 81.1 cm³/mol. The molecule has 0 fully saturated rings. The zero-order valence-electron chi connectivity index (χ0n) is 11.6. The van der Waals surface area contributed by atoms with E-state index >= 15 is 0 Å². The molecular formula is C15H15N5O. The number of H-pyrrole nitrogens is 1. The molecule has 0 saturated carbocycles. The highest BCUT2D eigenvalue weighted by Crippen LogP contribution is 2.20. The number of imidazole rings is 1. The molecule has 0 aliphatic heterocycles. The first-order valence-electron chi connectivity index (χ1n) is 6.47. The molecule has 3 aromatic rings. The van der Waals surface area contributed by atoms with Crippen LogP contribution in [0.1, 0.15) is 11.3 Å². The third-order valence-electron chi connectivity index (χ3n) is 3.14. The molecular weight excluding hydrogens is 266 g/mol. The van der Waals surface area contributed by atoms with E-state index in [1.54, 1.807) is 19.2 Å². The van der Waals surface area contributed by atoms with Gasteiger partial charge in [0.15, 0.2) is 5.82 Å². The summed E-state index contributed by atoms with van der Waals surface area (Å²) in [7, 11) is 1.64. The van der Waals surface area contributed by atoms with Crippen LogP contribution in [-0.4, -0.2) is 27.9 Å². The van der Waals surface area contributed by atoms with Crippen LogP contribution < -0.4 is 5.73 Å². The number of fused-ring (bicyclic) bond motifs is 1. The average molecular weight is 281 g/mol. The van der Waals surface area contributed by atoms with Crippen molar-refractivity contribution in [2.75, 3.05) is 7.11 Å². The second-order valence-corrected chi connectivity index (χ2v) is 4.68. The minimum atomic E-state index is 0.0293. The summed E-state index contributed by atoms with van der Waals surface area (Å²) in [5.74, 6) is 0.713. The molecule has 3 rings (SSSR count). The first kappa shape index (κ1) is 13.3. The van der Waals surface area contributed by atoms with Crippen molar-refractivity contribution in [1.29, 1.82) is 5.41 Å². The van der Waals surface area contributed by atoms with Crippen molar-refractivity contribution >= 4 is 16.9 Å². The molecule has 0 radical (unpaired) electrons. The molecule has 2 aromatic heterocycles. The van der Waals surface area contributed by atoms with Crippen LogP contribution in [0.4, 0.5) is 0 Å². The van der Waals surface area contributed by atoms with Crippen molar-refractivity contribution in [2.24, 2.45) is 5.73 Å². The first-order valence-corrected chi connectivity index (χ1v) is 6.47. The lowest BCUT2D eigenvalue weighted by Gasteiger charge is -2.00. The lowest BCUT2D eigenvalue weighted by atomic mass is 10.2. The summed E-state index contributed by atoms with van der Waals surface area (Å²) in [6, 6.07) is 11.2. The second-order valence-electron chi connectivity index (χ2n) is 4.68. The van der Waals surface area contributed by atoms with E-state index in [0.717, 1.165) is 22.4 Å². The van der Waals surface area contributed by atoms with Crippen molar-refractivity contribution in [3.8, 4) is 11.5 Å². The van der Waals surface area contributed by atoms with Gasteiger partial charge in [-0.05, 0) is 30.3 Å². The van der Waals surface area contributed by atoms with E-state index in [4.69, 9.17) is 15.9 Å². The number of hydrogen-bond donors (Lipinski definition) is 3. The van der Waals surface area contributed by atoms with Gasteiger partial charge in [0.1, 0.15) is 11.5 Å². The lowest BCUT2D eigenvalue weighted by molar-refractivity contribution is 0.181. The fourth-order valence-corrected chi connectivity index (χ4v) is 2.13. The maximum absolute atomic E-state index is 7.47. The number of rotatable bonds is 4. The molecule has 0 aliphatic rings. The summed E-state index contributed by atoms with van der Waals surface area (Å²) < 4.78 is 5.09. The maximum Gasteiger partial charge on any atom is 0.157 e. The molecule has 0 aliphatic carbocycles. The number of nitrogen functional groups attached to an aromatic ring is 1. The van der Waals surface area contributed by atoms with Crippen LogP contribution >= 0.6 is 0 Å². The largest absolute Gasteiger partial charge is 0.384 e. The fraction of sp³-hybridized carbons (Fsp3) is 0.133. The Balaban J connectivity index is 2.04. The minimum absolute atomic E-state index is 0.0293. The zero-order chi connectivity index (χ0) is 14.8. The molecule has 4 N–H and O–H groups in total. The zero-order valence-corrected chi connectivity index (χ0v) is 11.6. The molecule has 0 atom stereocenters. The summed E-state index contributed by atoms with van der Waals surface area (Å²) in [6.45, 7) is 0.461. The smallest absolute Gasteiger partial charge is 0.157 e. The molecule has 6 heteroatoms. The number of nitrogens with two attached hydrogens (primary N) is 1. The second kappa shape index (κ2) is 5.34. The Kier molecular flexibility index (Phi) is 3.37. The standard InChI is InChI=1S/C15H15N5O/c1-21-8-10-3-2-4-12(18-10)15-19-11-6-5-9(14(16)17)7-13(11)20-15/h2-7H,8H2,1H3,(H3,16,17)(H,19,20). The van der Waals surface area contributed by atoms with Crippen LogP contribution in [0, 0.1) is 5.41 Å². The Hall–Kier alpha value is -2.73. The van der Waals surface area contributed by atoms with Crippen molar-refractivity contribution < 1.29 is 4.74 Å². The van der Waals surface area contributed by atoms with Gasteiger partial charge >= 0.3 is 0 Å². The van der Waals surface area contributed by atoms with E-state index in [-0.39, 0.29) is 5.84 Å². The molecule has 0 saturated heterocycles. The van der Waals surface area contributed by atoms with Crippen LogP contribution in [-0.2, 0) is 11.3 Å². The summed E-state index contributed by atoms with van der Waals surface area (Å²) in [5.41, 5.74) is 9.40. The highest BCUT2D eigenvalue weighted by Gasteiger charge is 2.08. The fourth-order valence-electron chi connectivity index (χ4n) is 2.13. The molecule has 1 aromatic carbocycles. The number of pyridine rings is 1. The number of nitrogens with zero attached hydrogens (tertiary/aromatic N) is 2. The minimum Gasteiger partial charge on any atom is -0.384 e. The topological polar surface area (TPSA) is 101 Å². The summed E-state index contributed by atoms with van der Waals surface area (Å²) >= 11 is 0. The van der Waals surface area contributed by atoms with Gasteiger partial charge in [0, 0.05) is 12.7 Å². The third-order valence-corrected chi connectivity index (χ3v) is 3.14. The number of amidine groups is 1. The van der Waals surface area contributed by atoms with Gasteiger partial charge in [-0.3, -0.25) is 5.41 Å². The van der Waals surface area contributed by atoms with Gasteiger partial charge < -0.3 is 15.5 Å². The first-order chi connectivity index (χ1) is 10.2. The Morgan fingerprint density at radius 3 is 2.90 bits per heavy atom. The van der Waals surface area contributed by atoms with E-state index in [1.807, 2.05) is 24.3 Å². The monoisotopic (exact) mass is 281 g/mol. The highest BCUT2D eigenvalue weighted by atomic mass is 16.5. The van der Waals surface area contributed by atoms with Crippen LogP contribution in [0.3, 0.4) is 0 Å². The molecule has 0 unspecified atom stereocenters. The molecule has 0 amide bonds. The van der Waals surface area contributed by atoms with E-state index in [9.17, 15) is 0 Å². The molecule has 6 nitrogen and oxygen atoms in total. The van der Waals surface area contributed by atoms with Crippen molar-refractivity contribution in [2.45, 2.75) is 6.61 Å². The van der Waals surface area contributed by atoms with Crippen molar-refractivity contribution in [1.82, 2.24) is 15.0 Å². The SMILES string of the molecule is COCc1cccc(-c2nc3cc(C(=N)N)ccc3[nH]2)n1. The number of aromatic nitrogens is 3. The van der Waals surface area contributed by atoms with Crippen LogP contribution in [0.15, 0.2) is 36.4 Å². The molecule has 0 spiro atoms. The Morgan fingerprint density at radius 2 is 2.14 bits per heavy atom. The number of hydrogen-bond acceptors (Lipinski definition) is 4. The van der Waals surface area contributed by atoms with Crippen molar-refractivity contribution in [3.05, 3.63) is 47.7 Å². The Labute approximate surface area is 121 Å². The molecule has 2 heterocycles. The summed E-state index contributed by atoms with van der Waals surface area (Å²) in [6.07, 6.45) is 0. The Bertz CT molecular complexity index is 809. The average Bonchev–Trinajstić information content (AvgIpc) is 2.91. The van der Waals surface area contributed by atoms with E-state index < -0.39 is 0 Å². The predicted octanol–water partition coefficient (Wildman–Crippen LogP) is 2.06. The molecule has 21 heavy (non-hydrogen) atoms. The Morgan fingerprint density at radius 1 is 1.29 bits per heavy atom. The quantitative estimate of drug-likeness (QED) is 0.503. The van der Waals surface area contributed by atoms with Crippen LogP contribution in [0.2, 0.25) is 0 Å². The molecule has 0 bridgehead atoms. The van der Waals surface area contributed by atoms with Crippen LogP contribution in [0.25, 0.3) is 22.6 Å². The van der Waals surface area contributed by atoms with E-state index in [0.29, 0.717) is 18.0 Å². The van der Waals surface area contributed by atoms with E-state index in [1.165, 1.54) is 0 Å². The highest BCUT2D eigenvalue weighted by molar-refractivity contribution is 5.98. The van der Waals surface area contributed by atoms with Crippen molar-refractivity contribution in [3.63, 3.8) is 0 Å². The number of benzene rings is 1. The summed E-state index contributed by atoms with van der Waals surface area (Å²) in [5, 5.41) is 7.47. The summed E-state index contributed by atoms with van der Waals surface area (Å²) in [4.78, 5) is 12.2. The van der Waals surface area contributed by atoms with Gasteiger partial charge in [-0.15, -0.1) is 0 Å². The van der Waals surface area contributed by atoms with Gasteiger partial charge in [-0.1, -0.05) is 6.07 Å². The maximum atomic E-state index is 7.47. The molecule has 106 valence electrons. The van der Waals surface area contributed by atoms with Gasteiger partial charge in [-0.25, -0.2) is 9.97 Å².